The predicted octanol–water partition coefficient (Wildman–Crippen LogP) is 1.99. The summed E-state index contributed by atoms with van der Waals surface area (Å²) in [6.45, 7) is 3.19. The van der Waals surface area contributed by atoms with Gasteiger partial charge in [0, 0.05) is 13.1 Å². The molecule has 0 amide bonds. The van der Waals surface area contributed by atoms with Crippen LogP contribution in [0.25, 0.3) is 0 Å². The molecular weight excluding hydrogens is 198 g/mol. The maximum Gasteiger partial charge on any atom is 0.213 e. The first kappa shape index (κ1) is 12.0. The molecule has 1 aliphatic heterocycles. The van der Waals surface area contributed by atoms with Crippen molar-refractivity contribution in [1.82, 2.24) is 4.31 Å². The van der Waals surface area contributed by atoms with E-state index in [1.165, 1.54) is 25.7 Å². The minimum Gasteiger partial charge on any atom is -0.212 e. The Kier molecular flexibility index (Phi) is 4.89. The molecule has 0 aliphatic carbocycles. The Morgan fingerprint density at radius 1 is 0.929 bits per heavy atom. The first-order chi connectivity index (χ1) is 6.67. The van der Waals surface area contributed by atoms with E-state index in [2.05, 4.69) is 0 Å². The Morgan fingerprint density at radius 2 is 1.36 bits per heavy atom. The first-order valence-electron chi connectivity index (χ1n) is 5.64. The molecule has 84 valence electrons. The molecule has 0 aromatic carbocycles. The van der Waals surface area contributed by atoms with E-state index < -0.39 is 10.0 Å². The molecule has 0 aromatic rings. The molecule has 0 atom stereocenters. The van der Waals surface area contributed by atoms with E-state index in [9.17, 15) is 8.42 Å². The second-order valence-electron chi connectivity index (χ2n) is 3.92. The van der Waals surface area contributed by atoms with Crippen LogP contribution in [0, 0.1) is 0 Å². The fourth-order valence-electron chi connectivity index (χ4n) is 1.86. The molecule has 0 unspecified atom stereocenters. The largest absolute Gasteiger partial charge is 0.213 e. The zero-order chi connectivity index (χ0) is 10.4. The van der Waals surface area contributed by atoms with Crippen LogP contribution in [-0.4, -0.2) is 31.6 Å². The van der Waals surface area contributed by atoms with Crippen molar-refractivity contribution in [1.29, 1.82) is 0 Å². The van der Waals surface area contributed by atoms with E-state index in [1.807, 2.05) is 0 Å². The molecular formula is C10H21NO2S. The molecule has 0 spiro atoms. The van der Waals surface area contributed by atoms with Crippen molar-refractivity contribution >= 4 is 10.0 Å². The summed E-state index contributed by atoms with van der Waals surface area (Å²) in [6.07, 6.45) is 6.93. The third kappa shape index (κ3) is 3.58. The van der Waals surface area contributed by atoms with Crippen LogP contribution in [0.4, 0.5) is 0 Å². The molecule has 1 rings (SSSR count). The van der Waals surface area contributed by atoms with Crippen molar-refractivity contribution in [2.24, 2.45) is 0 Å². The topological polar surface area (TPSA) is 37.4 Å². The lowest BCUT2D eigenvalue weighted by Crippen LogP contribution is -2.33. The number of hydrogen-bond donors (Lipinski definition) is 0. The van der Waals surface area contributed by atoms with Crippen LogP contribution in [0.5, 0.6) is 0 Å². The second-order valence-corrected chi connectivity index (χ2v) is 6.18. The SMILES string of the molecule is CCS(=O)(=O)N1CCCCCCCC1. The van der Waals surface area contributed by atoms with Crippen molar-refractivity contribution < 1.29 is 8.42 Å². The van der Waals surface area contributed by atoms with Gasteiger partial charge in [0.05, 0.1) is 5.75 Å². The van der Waals surface area contributed by atoms with Gasteiger partial charge in [-0.15, -0.1) is 0 Å². The van der Waals surface area contributed by atoms with Crippen LogP contribution in [0.15, 0.2) is 0 Å². The summed E-state index contributed by atoms with van der Waals surface area (Å²) in [5.74, 6) is 0.243. The van der Waals surface area contributed by atoms with E-state index >= 15 is 0 Å². The fourth-order valence-corrected chi connectivity index (χ4v) is 3.04. The third-order valence-electron chi connectivity index (χ3n) is 2.82. The molecule has 1 saturated heterocycles. The van der Waals surface area contributed by atoms with Crippen LogP contribution < -0.4 is 0 Å². The lowest BCUT2D eigenvalue weighted by atomic mass is 10.1. The van der Waals surface area contributed by atoms with Crippen molar-refractivity contribution in [2.75, 3.05) is 18.8 Å². The van der Waals surface area contributed by atoms with E-state index in [-0.39, 0.29) is 5.75 Å². The van der Waals surface area contributed by atoms with Gasteiger partial charge in [-0.05, 0) is 19.8 Å². The van der Waals surface area contributed by atoms with Crippen LogP contribution in [-0.2, 0) is 10.0 Å². The summed E-state index contributed by atoms with van der Waals surface area (Å²) < 4.78 is 25.0. The van der Waals surface area contributed by atoms with Gasteiger partial charge in [-0.1, -0.05) is 25.7 Å². The van der Waals surface area contributed by atoms with E-state index in [0.29, 0.717) is 0 Å². The maximum atomic E-state index is 11.7. The highest BCUT2D eigenvalue weighted by Crippen LogP contribution is 2.13. The van der Waals surface area contributed by atoms with Gasteiger partial charge in [0.2, 0.25) is 10.0 Å². The molecule has 0 bridgehead atoms. The minimum atomic E-state index is -2.94. The zero-order valence-electron chi connectivity index (χ0n) is 9.04. The van der Waals surface area contributed by atoms with Crippen molar-refractivity contribution in [3.8, 4) is 0 Å². The highest BCUT2D eigenvalue weighted by atomic mass is 32.2. The minimum absolute atomic E-state index is 0.243. The quantitative estimate of drug-likeness (QED) is 0.712. The van der Waals surface area contributed by atoms with Gasteiger partial charge >= 0.3 is 0 Å². The Hall–Kier alpha value is -0.0900. The number of sulfonamides is 1. The Morgan fingerprint density at radius 3 is 1.79 bits per heavy atom. The van der Waals surface area contributed by atoms with Crippen molar-refractivity contribution in [2.45, 2.75) is 45.4 Å². The van der Waals surface area contributed by atoms with Gasteiger partial charge in [0.1, 0.15) is 0 Å². The average Bonchev–Trinajstić information content (AvgIpc) is 2.30. The van der Waals surface area contributed by atoms with Gasteiger partial charge in [-0.3, -0.25) is 0 Å². The number of hydrogen-bond acceptors (Lipinski definition) is 2. The molecule has 0 saturated carbocycles. The molecule has 1 heterocycles. The molecule has 4 heteroatoms. The predicted molar refractivity (Wildman–Crippen MR) is 58.7 cm³/mol. The molecule has 14 heavy (non-hydrogen) atoms. The van der Waals surface area contributed by atoms with Crippen LogP contribution >= 0.6 is 0 Å². The molecule has 3 nitrogen and oxygen atoms in total. The van der Waals surface area contributed by atoms with Gasteiger partial charge in [0.15, 0.2) is 0 Å². The third-order valence-corrected chi connectivity index (χ3v) is 4.70. The normalized spacial score (nSPS) is 22.4. The summed E-state index contributed by atoms with van der Waals surface area (Å²) in [5, 5.41) is 0. The summed E-state index contributed by atoms with van der Waals surface area (Å²) in [6, 6.07) is 0. The van der Waals surface area contributed by atoms with E-state index in [4.69, 9.17) is 0 Å². The number of rotatable bonds is 2. The maximum absolute atomic E-state index is 11.7. The highest BCUT2D eigenvalue weighted by molar-refractivity contribution is 7.89. The smallest absolute Gasteiger partial charge is 0.212 e. The van der Waals surface area contributed by atoms with Gasteiger partial charge in [-0.25, -0.2) is 12.7 Å². The molecule has 0 radical (unpaired) electrons. The van der Waals surface area contributed by atoms with E-state index in [1.54, 1.807) is 11.2 Å². The van der Waals surface area contributed by atoms with Crippen molar-refractivity contribution in [3.05, 3.63) is 0 Å². The average molecular weight is 219 g/mol. The molecule has 1 aliphatic rings. The summed E-state index contributed by atoms with van der Waals surface area (Å²) in [4.78, 5) is 0. The van der Waals surface area contributed by atoms with Gasteiger partial charge < -0.3 is 0 Å². The monoisotopic (exact) mass is 219 g/mol. The molecule has 0 N–H and O–H groups in total. The van der Waals surface area contributed by atoms with E-state index in [0.717, 1.165) is 25.9 Å². The first-order valence-corrected chi connectivity index (χ1v) is 7.25. The number of nitrogens with zero attached hydrogens (tertiary/aromatic N) is 1. The standard InChI is InChI=1S/C10H21NO2S/c1-2-14(12,13)11-9-7-5-3-4-6-8-10-11/h2-10H2,1H3. The van der Waals surface area contributed by atoms with Gasteiger partial charge in [-0.2, -0.15) is 0 Å². The second kappa shape index (κ2) is 5.71. The van der Waals surface area contributed by atoms with Crippen LogP contribution in [0.3, 0.4) is 0 Å². The molecule has 0 aromatic heterocycles. The Balaban J connectivity index is 2.56. The van der Waals surface area contributed by atoms with Gasteiger partial charge in [0.25, 0.3) is 0 Å². The fraction of sp³-hybridized carbons (Fsp3) is 1.00. The highest BCUT2D eigenvalue weighted by Gasteiger charge is 2.19. The summed E-state index contributed by atoms with van der Waals surface area (Å²) in [5.41, 5.74) is 0. The molecule has 1 fully saturated rings. The lowest BCUT2D eigenvalue weighted by Gasteiger charge is -2.20. The lowest BCUT2D eigenvalue weighted by molar-refractivity contribution is 0.402. The summed E-state index contributed by atoms with van der Waals surface area (Å²) in [7, 11) is -2.94. The van der Waals surface area contributed by atoms with Crippen LogP contribution in [0.2, 0.25) is 0 Å². The Bertz CT molecular complexity index is 239. The Labute approximate surface area is 87.5 Å². The van der Waals surface area contributed by atoms with Crippen LogP contribution in [0.1, 0.15) is 45.4 Å². The van der Waals surface area contributed by atoms with Crippen molar-refractivity contribution in [3.63, 3.8) is 0 Å². The zero-order valence-corrected chi connectivity index (χ0v) is 9.85. The summed E-state index contributed by atoms with van der Waals surface area (Å²) >= 11 is 0.